The van der Waals surface area contributed by atoms with Gasteiger partial charge in [0.05, 0.1) is 25.5 Å². The number of anilines is 2. The van der Waals surface area contributed by atoms with Gasteiger partial charge in [0.2, 0.25) is 23.7 Å². The van der Waals surface area contributed by atoms with Crippen LogP contribution >= 0.6 is 0 Å². The van der Waals surface area contributed by atoms with Gasteiger partial charge in [0.1, 0.15) is 0 Å². The molecule has 2 saturated heterocycles. The Hall–Kier alpha value is -3.03. The Labute approximate surface area is 222 Å². The third-order valence-corrected chi connectivity index (χ3v) is 8.09. The van der Waals surface area contributed by atoms with Crippen LogP contribution < -0.4 is 26.6 Å². The Morgan fingerprint density at radius 3 is 2.42 bits per heavy atom. The molecule has 2 amide bonds. The van der Waals surface area contributed by atoms with Crippen molar-refractivity contribution < 1.29 is 9.59 Å². The van der Waals surface area contributed by atoms with E-state index >= 15 is 0 Å². The van der Waals surface area contributed by atoms with E-state index in [9.17, 15) is 9.59 Å². The predicted molar refractivity (Wildman–Crippen MR) is 143 cm³/mol. The topological polar surface area (TPSA) is 144 Å². The van der Waals surface area contributed by atoms with Crippen molar-refractivity contribution in [2.45, 2.75) is 69.1 Å². The Bertz CT molecular complexity index is 1150. The van der Waals surface area contributed by atoms with Gasteiger partial charge >= 0.3 is 0 Å². The summed E-state index contributed by atoms with van der Waals surface area (Å²) < 4.78 is 1.75. The minimum absolute atomic E-state index is 0.000432. The monoisotopic (exact) mass is 525 g/mol. The van der Waals surface area contributed by atoms with Crippen LogP contribution in [0.3, 0.4) is 0 Å². The minimum atomic E-state index is -0.282. The lowest BCUT2D eigenvalue weighted by atomic mass is 9.91. The van der Waals surface area contributed by atoms with Crippen molar-refractivity contribution in [3.63, 3.8) is 0 Å². The average Bonchev–Trinajstić information content (AvgIpc) is 3.49. The highest BCUT2D eigenvalue weighted by Crippen LogP contribution is 2.27. The van der Waals surface area contributed by atoms with E-state index in [4.69, 9.17) is 9.97 Å². The number of aromatic nitrogens is 4. The molecule has 4 aliphatic rings. The number of nitrogens with zero attached hydrogens (tertiary/aromatic N) is 6. The Kier molecular flexibility index (Phi) is 7.30. The highest BCUT2D eigenvalue weighted by atomic mass is 16.2. The third-order valence-electron chi connectivity index (χ3n) is 8.09. The second-order valence-electron chi connectivity index (χ2n) is 11.2. The molecule has 0 aromatic carbocycles. The van der Waals surface area contributed by atoms with Gasteiger partial charge in [-0.05, 0) is 45.6 Å². The molecule has 0 bridgehead atoms. The minimum Gasteiger partial charge on any atom is -0.352 e. The van der Waals surface area contributed by atoms with E-state index in [2.05, 4.69) is 48.5 Å². The maximum Gasteiger partial charge on any atom is 0.238 e. The van der Waals surface area contributed by atoms with Crippen molar-refractivity contribution >= 4 is 29.4 Å². The molecule has 2 aliphatic carbocycles. The van der Waals surface area contributed by atoms with Crippen molar-refractivity contribution in [2.75, 3.05) is 57.1 Å². The molecule has 4 heterocycles. The first kappa shape index (κ1) is 25.3. The van der Waals surface area contributed by atoms with E-state index in [1.54, 1.807) is 10.7 Å². The second kappa shape index (κ2) is 11.0. The fourth-order valence-corrected chi connectivity index (χ4v) is 5.54. The number of rotatable bonds is 9. The average molecular weight is 526 g/mol. The van der Waals surface area contributed by atoms with Crippen molar-refractivity contribution in [3.8, 4) is 0 Å². The molecule has 6 rings (SSSR count). The van der Waals surface area contributed by atoms with Crippen molar-refractivity contribution in [3.05, 3.63) is 11.8 Å². The first-order valence-electron chi connectivity index (χ1n) is 14.0. The van der Waals surface area contributed by atoms with Crippen LogP contribution in [-0.4, -0.2) is 112 Å². The summed E-state index contributed by atoms with van der Waals surface area (Å²) in [4.78, 5) is 38.8. The summed E-state index contributed by atoms with van der Waals surface area (Å²) in [5, 5.41) is 20.8. The van der Waals surface area contributed by atoms with Gasteiger partial charge in [0.15, 0.2) is 5.65 Å². The number of fused-ring (bicyclic) bond motifs is 1. The predicted octanol–water partition coefficient (Wildman–Crippen LogP) is -0.627. The smallest absolute Gasteiger partial charge is 0.238 e. The van der Waals surface area contributed by atoms with Gasteiger partial charge in [-0.2, -0.15) is 19.6 Å². The summed E-state index contributed by atoms with van der Waals surface area (Å²) in [5.41, 5.74) is 1.63. The van der Waals surface area contributed by atoms with E-state index < -0.39 is 0 Å². The van der Waals surface area contributed by atoms with Gasteiger partial charge in [-0.25, -0.2) is 0 Å². The summed E-state index contributed by atoms with van der Waals surface area (Å²) in [5.74, 6) is 1.39. The number of likely N-dealkylation sites (N-methyl/N-ethyl adjacent to an activating group) is 1. The zero-order valence-electron chi connectivity index (χ0n) is 22.1. The van der Waals surface area contributed by atoms with Crippen LogP contribution in [-0.2, 0) is 16.0 Å². The fourth-order valence-electron chi connectivity index (χ4n) is 5.54. The number of nitrogens with one attached hydrogen (secondary N) is 5. The molecule has 2 aromatic heterocycles. The van der Waals surface area contributed by atoms with Crippen molar-refractivity contribution in [1.29, 1.82) is 0 Å². The Morgan fingerprint density at radius 1 is 1.00 bits per heavy atom. The summed E-state index contributed by atoms with van der Waals surface area (Å²) in [7, 11) is 2.12. The molecule has 2 aromatic rings. The molecular formula is C25H39N11O2. The zero-order chi connectivity index (χ0) is 26.1. The van der Waals surface area contributed by atoms with Gasteiger partial charge in [0.25, 0.3) is 0 Å². The van der Waals surface area contributed by atoms with E-state index in [-0.39, 0.29) is 29.9 Å². The highest BCUT2D eigenvalue weighted by Gasteiger charge is 2.29. The second-order valence-corrected chi connectivity index (χ2v) is 11.2. The lowest BCUT2D eigenvalue weighted by Gasteiger charge is -2.33. The molecule has 1 unspecified atom stereocenters. The van der Waals surface area contributed by atoms with Crippen LogP contribution in [0, 0.1) is 0 Å². The fraction of sp³-hybridized carbons (Fsp3) is 0.720. The van der Waals surface area contributed by atoms with Gasteiger partial charge in [-0.1, -0.05) is 0 Å². The van der Waals surface area contributed by atoms with Crippen molar-refractivity contribution in [2.24, 2.45) is 0 Å². The van der Waals surface area contributed by atoms with E-state index in [0.717, 1.165) is 75.9 Å². The number of piperazine rings is 1. The van der Waals surface area contributed by atoms with Crippen molar-refractivity contribution in [1.82, 2.24) is 45.3 Å². The molecule has 2 saturated carbocycles. The molecule has 0 spiro atoms. The standard InChI is InChI=1S/C25H39N11O2/c1-34-8-10-35(11-9-34)14-21(37)29-17-2-4-18(5-3-17)30-24-32-22-16(12-20-23(38)27-15-26-20)13-28-36(22)25(33-24)31-19-6-7-19/h13,17-20,26H,2-12,14-15H2,1H3,(H,27,38)(H,29,37)(H2,30,31,32,33). The maximum absolute atomic E-state index is 12.6. The molecule has 2 aliphatic heterocycles. The lowest BCUT2D eigenvalue weighted by Crippen LogP contribution is -2.50. The largest absolute Gasteiger partial charge is 0.352 e. The number of hydrogen-bond acceptors (Lipinski definition) is 10. The molecular weight excluding hydrogens is 486 g/mol. The van der Waals surface area contributed by atoms with E-state index in [0.29, 0.717) is 37.6 Å². The molecule has 13 nitrogen and oxygen atoms in total. The Morgan fingerprint density at radius 2 is 1.71 bits per heavy atom. The number of carbonyl (C=O) groups is 2. The highest BCUT2D eigenvalue weighted by molar-refractivity contribution is 5.84. The molecule has 4 fully saturated rings. The first-order valence-corrected chi connectivity index (χ1v) is 14.0. The van der Waals surface area contributed by atoms with Crippen LogP contribution in [0.2, 0.25) is 0 Å². The SMILES string of the molecule is CN1CCN(CC(=O)NC2CCC(Nc3nc(NC4CC4)n4ncc(CC5NCNC5=O)c4n3)CC2)CC1. The van der Waals surface area contributed by atoms with Gasteiger partial charge in [-0.3, -0.25) is 19.8 Å². The van der Waals surface area contributed by atoms with Gasteiger partial charge in [-0.15, -0.1) is 0 Å². The quantitative estimate of drug-likeness (QED) is 0.287. The van der Waals surface area contributed by atoms with Gasteiger partial charge < -0.3 is 26.2 Å². The van der Waals surface area contributed by atoms with Gasteiger partial charge in [0, 0.05) is 56.3 Å². The lowest BCUT2D eigenvalue weighted by molar-refractivity contribution is -0.123. The Balaban J connectivity index is 1.07. The third kappa shape index (κ3) is 6.00. The summed E-state index contributed by atoms with van der Waals surface area (Å²) in [6.45, 7) is 4.91. The molecule has 206 valence electrons. The normalized spacial score (nSPS) is 26.9. The number of amides is 2. The summed E-state index contributed by atoms with van der Waals surface area (Å²) >= 11 is 0. The molecule has 5 N–H and O–H groups in total. The molecule has 13 heteroatoms. The first-order chi connectivity index (χ1) is 18.5. The van der Waals surface area contributed by atoms with Crippen LogP contribution in [0.15, 0.2) is 6.20 Å². The van der Waals surface area contributed by atoms with E-state index in [1.165, 1.54) is 0 Å². The van der Waals surface area contributed by atoms with Crippen LogP contribution in [0.4, 0.5) is 11.9 Å². The molecule has 1 atom stereocenters. The van der Waals surface area contributed by atoms with E-state index in [1.807, 2.05) is 0 Å². The number of hydrogen-bond donors (Lipinski definition) is 5. The van der Waals surface area contributed by atoms with Crippen LogP contribution in [0.5, 0.6) is 0 Å². The summed E-state index contributed by atoms with van der Waals surface area (Å²) in [6.07, 6.45) is 8.31. The summed E-state index contributed by atoms with van der Waals surface area (Å²) in [6, 6.07) is 0.595. The molecule has 38 heavy (non-hydrogen) atoms. The van der Waals surface area contributed by atoms with Crippen LogP contribution in [0.1, 0.15) is 44.1 Å². The zero-order valence-corrected chi connectivity index (χ0v) is 22.1. The molecule has 0 radical (unpaired) electrons. The maximum atomic E-state index is 12.6. The van der Waals surface area contributed by atoms with Crippen LogP contribution in [0.25, 0.3) is 5.65 Å². The number of carbonyl (C=O) groups excluding carboxylic acids is 2.